The van der Waals surface area contributed by atoms with E-state index in [1.165, 1.54) is 12.1 Å². The minimum Gasteiger partial charge on any atom is -0.357 e. The highest BCUT2D eigenvalue weighted by Gasteiger charge is 2.29. The van der Waals surface area contributed by atoms with Gasteiger partial charge in [-0.05, 0) is 37.0 Å². The molecule has 3 rings (SSSR count). The summed E-state index contributed by atoms with van der Waals surface area (Å²) in [6, 6.07) is 4.42. The molecule has 1 aromatic heterocycles. The Kier molecular flexibility index (Phi) is 6.65. The van der Waals surface area contributed by atoms with E-state index in [2.05, 4.69) is 26.7 Å². The summed E-state index contributed by atoms with van der Waals surface area (Å²) < 4.78 is 28.9. The number of likely N-dealkylation sites (tertiary alicyclic amines) is 1. The van der Waals surface area contributed by atoms with Crippen molar-refractivity contribution in [2.75, 3.05) is 26.2 Å². The van der Waals surface area contributed by atoms with Gasteiger partial charge >= 0.3 is 0 Å². The van der Waals surface area contributed by atoms with Gasteiger partial charge in [0.2, 0.25) is 0 Å². The van der Waals surface area contributed by atoms with Crippen LogP contribution in [0.1, 0.15) is 44.7 Å². The molecule has 3 unspecified atom stereocenters. The van der Waals surface area contributed by atoms with E-state index < -0.39 is 11.6 Å². The van der Waals surface area contributed by atoms with E-state index in [1.807, 2.05) is 32.6 Å². The van der Waals surface area contributed by atoms with Gasteiger partial charge < -0.3 is 14.8 Å². The lowest BCUT2D eigenvalue weighted by atomic mass is 9.93. The van der Waals surface area contributed by atoms with Gasteiger partial charge in [0.1, 0.15) is 0 Å². The number of guanidine groups is 1. The molecule has 0 radical (unpaired) electrons. The summed E-state index contributed by atoms with van der Waals surface area (Å²) in [5.41, 5.74) is 0.752. The first kappa shape index (κ1) is 20.3. The largest absolute Gasteiger partial charge is 0.357 e. The second kappa shape index (κ2) is 9.17. The first-order chi connectivity index (χ1) is 13.5. The summed E-state index contributed by atoms with van der Waals surface area (Å²) in [4.78, 5) is 11.3. The fraction of sp³-hybridized carbons (Fsp3) is 0.524. The SMILES string of the molecule is CCNC(=NCC(C)c1ccc(F)c(F)c1)N1CCC(C)C(n2ccnc2)C1. The fourth-order valence-electron chi connectivity index (χ4n) is 3.67. The van der Waals surface area contributed by atoms with E-state index in [0.717, 1.165) is 37.6 Å². The van der Waals surface area contributed by atoms with Gasteiger partial charge in [-0.15, -0.1) is 0 Å². The molecule has 0 aliphatic carbocycles. The molecular formula is C21H29F2N5. The summed E-state index contributed by atoms with van der Waals surface area (Å²) in [5, 5.41) is 3.38. The van der Waals surface area contributed by atoms with Crippen LogP contribution in [0.15, 0.2) is 41.9 Å². The number of nitrogens with one attached hydrogen (secondary N) is 1. The third-order valence-electron chi connectivity index (χ3n) is 5.49. The third kappa shape index (κ3) is 4.69. The second-order valence-electron chi connectivity index (χ2n) is 7.56. The number of hydrogen-bond acceptors (Lipinski definition) is 2. The number of hydrogen-bond donors (Lipinski definition) is 1. The summed E-state index contributed by atoms with van der Waals surface area (Å²) >= 11 is 0. The maximum atomic E-state index is 13.5. The zero-order chi connectivity index (χ0) is 20.1. The van der Waals surface area contributed by atoms with Crippen molar-refractivity contribution in [1.82, 2.24) is 19.8 Å². The lowest BCUT2D eigenvalue weighted by Gasteiger charge is -2.39. The average molecular weight is 389 g/mol. The van der Waals surface area contributed by atoms with Gasteiger partial charge in [0.05, 0.1) is 12.4 Å². The predicted molar refractivity (Wildman–Crippen MR) is 107 cm³/mol. The van der Waals surface area contributed by atoms with E-state index in [4.69, 9.17) is 4.99 Å². The van der Waals surface area contributed by atoms with Crippen LogP contribution in [0.3, 0.4) is 0 Å². The molecule has 2 aromatic rings. The van der Waals surface area contributed by atoms with E-state index in [9.17, 15) is 8.78 Å². The van der Waals surface area contributed by atoms with Crippen LogP contribution < -0.4 is 5.32 Å². The van der Waals surface area contributed by atoms with E-state index >= 15 is 0 Å². The van der Waals surface area contributed by atoms with Crippen molar-refractivity contribution >= 4 is 5.96 Å². The molecule has 152 valence electrons. The maximum Gasteiger partial charge on any atom is 0.194 e. The van der Waals surface area contributed by atoms with Crippen molar-refractivity contribution in [1.29, 1.82) is 0 Å². The van der Waals surface area contributed by atoms with Gasteiger partial charge in [0.25, 0.3) is 0 Å². The molecule has 2 heterocycles. The smallest absolute Gasteiger partial charge is 0.194 e. The van der Waals surface area contributed by atoms with E-state index in [0.29, 0.717) is 18.5 Å². The Labute approximate surface area is 165 Å². The van der Waals surface area contributed by atoms with Crippen LogP contribution in [0.2, 0.25) is 0 Å². The van der Waals surface area contributed by atoms with Gasteiger partial charge in [0, 0.05) is 44.5 Å². The number of piperidine rings is 1. The highest BCUT2D eigenvalue weighted by molar-refractivity contribution is 5.80. The molecule has 1 aliphatic rings. The van der Waals surface area contributed by atoms with Gasteiger partial charge in [-0.25, -0.2) is 13.8 Å². The molecule has 3 atom stereocenters. The van der Waals surface area contributed by atoms with Crippen molar-refractivity contribution in [3.8, 4) is 0 Å². The van der Waals surface area contributed by atoms with Crippen molar-refractivity contribution in [2.45, 2.75) is 39.2 Å². The normalized spacial score (nSPS) is 21.6. The molecule has 28 heavy (non-hydrogen) atoms. The Hall–Kier alpha value is -2.44. The molecule has 1 saturated heterocycles. The van der Waals surface area contributed by atoms with Gasteiger partial charge in [-0.3, -0.25) is 4.99 Å². The number of imidazole rings is 1. The minimum atomic E-state index is -0.819. The zero-order valence-electron chi connectivity index (χ0n) is 16.8. The first-order valence-corrected chi connectivity index (χ1v) is 9.95. The van der Waals surface area contributed by atoms with Crippen LogP contribution in [-0.4, -0.2) is 46.6 Å². The number of benzene rings is 1. The van der Waals surface area contributed by atoms with Crippen molar-refractivity contribution in [3.05, 3.63) is 54.1 Å². The quantitative estimate of drug-likeness (QED) is 0.625. The van der Waals surface area contributed by atoms with Gasteiger partial charge in [0.15, 0.2) is 17.6 Å². The average Bonchev–Trinajstić information content (AvgIpc) is 3.22. The molecule has 1 aromatic carbocycles. The zero-order valence-corrected chi connectivity index (χ0v) is 16.8. The Morgan fingerprint density at radius 1 is 1.36 bits per heavy atom. The van der Waals surface area contributed by atoms with Crippen LogP contribution in [0.5, 0.6) is 0 Å². The van der Waals surface area contributed by atoms with Gasteiger partial charge in [-0.1, -0.05) is 19.9 Å². The van der Waals surface area contributed by atoms with Crippen LogP contribution >= 0.6 is 0 Å². The van der Waals surface area contributed by atoms with Crippen LogP contribution in [-0.2, 0) is 0 Å². The molecule has 1 fully saturated rings. The lowest BCUT2D eigenvalue weighted by molar-refractivity contribution is 0.189. The van der Waals surface area contributed by atoms with Crippen molar-refractivity contribution in [2.24, 2.45) is 10.9 Å². The molecule has 5 nitrogen and oxygen atoms in total. The number of rotatable bonds is 5. The highest BCUT2D eigenvalue weighted by atomic mass is 19.2. The van der Waals surface area contributed by atoms with E-state index in [-0.39, 0.29) is 5.92 Å². The fourth-order valence-corrected chi connectivity index (χ4v) is 3.67. The molecule has 0 spiro atoms. The number of aliphatic imine (C=N–C) groups is 1. The van der Waals surface area contributed by atoms with Crippen molar-refractivity contribution in [3.63, 3.8) is 0 Å². The number of halogens is 2. The summed E-state index contributed by atoms with van der Waals surface area (Å²) in [6.07, 6.45) is 6.78. The Morgan fingerprint density at radius 2 is 2.18 bits per heavy atom. The Morgan fingerprint density at radius 3 is 2.86 bits per heavy atom. The van der Waals surface area contributed by atoms with Crippen LogP contribution in [0.25, 0.3) is 0 Å². The molecule has 1 N–H and O–H groups in total. The van der Waals surface area contributed by atoms with Gasteiger partial charge in [-0.2, -0.15) is 0 Å². The monoisotopic (exact) mass is 389 g/mol. The van der Waals surface area contributed by atoms with Crippen LogP contribution in [0.4, 0.5) is 8.78 Å². The third-order valence-corrected chi connectivity index (χ3v) is 5.49. The lowest BCUT2D eigenvalue weighted by Crippen LogP contribution is -2.49. The molecule has 1 aliphatic heterocycles. The topological polar surface area (TPSA) is 45.5 Å². The maximum absolute atomic E-state index is 13.5. The molecule has 0 bridgehead atoms. The Balaban J connectivity index is 1.71. The summed E-state index contributed by atoms with van der Waals surface area (Å²) in [5.74, 6) is -0.200. The van der Waals surface area contributed by atoms with Crippen molar-refractivity contribution < 1.29 is 8.78 Å². The molecular weight excluding hydrogens is 360 g/mol. The highest BCUT2D eigenvalue weighted by Crippen LogP contribution is 2.27. The Bertz CT molecular complexity index is 790. The standard InChI is InChI=1S/C21H29F2N5/c1-4-25-21(26-12-16(3)17-5-6-18(22)19(23)11-17)27-9-7-15(2)20(13-27)28-10-8-24-14-28/h5-6,8,10-11,14-16,20H,4,7,9,12-13H2,1-3H3,(H,25,26). The molecule has 7 heteroatoms. The van der Waals surface area contributed by atoms with E-state index in [1.54, 1.807) is 6.07 Å². The molecule has 0 saturated carbocycles. The summed E-state index contributed by atoms with van der Waals surface area (Å²) in [7, 11) is 0. The molecule has 0 amide bonds. The first-order valence-electron chi connectivity index (χ1n) is 9.95. The van der Waals surface area contributed by atoms with Crippen LogP contribution in [0, 0.1) is 17.6 Å². The summed E-state index contributed by atoms with van der Waals surface area (Å²) in [6.45, 7) is 9.40. The number of nitrogens with zero attached hydrogens (tertiary/aromatic N) is 4. The predicted octanol–water partition coefficient (Wildman–Crippen LogP) is 3.81. The second-order valence-corrected chi connectivity index (χ2v) is 7.56. The number of aromatic nitrogens is 2. The minimum absolute atomic E-state index is 0.00286.